The SMILES string of the molecule is COc1ccc(NC(=O)C(Sc2cccc(NC(=O)c3ccc(C(=O)O)cc3C(=O)O)c2)c2ccccc2)c(OC)c1. The summed E-state index contributed by atoms with van der Waals surface area (Å²) >= 11 is 1.25. The third-order valence-corrected chi connectivity index (χ3v) is 7.34. The molecular weight excluding hydrogens is 560 g/mol. The molecule has 0 aromatic heterocycles. The minimum Gasteiger partial charge on any atom is -0.497 e. The van der Waals surface area contributed by atoms with Crippen molar-refractivity contribution in [1.82, 2.24) is 0 Å². The summed E-state index contributed by atoms with van der Waals surface area (Å²) in [5.74, 6) is -2.77. The Morgan fingerprint density at radius 1 is 0.738 bits per heavy atom. The average Bonchev–Trinajstić information content (AvgIpc) is 3.00. The van der Waals surface area contributed by atoms with Gasteiger partial charge in [-0.2, -0.15) is 0 Å². The van der Waals surface area contributed by atoms with Gasteiger partial charge in [0.25, 0.3) is 5.91 Å². The fraction of sp³-hybridized carbons (Fsp3) is 0.0968. The van der Waals surface area contributed by atoms with Crippen molar-refractivity contribution in [2.45, 2.75) is 10.1 Å². The lowest BCUT2D eigenvalue weighted by Gasteiger charge is -2.19. The Bertz CT molecular complexity index is 1640. The predicted octanol–water partition coefficient (Wildman–Crippen LogP) is 5.82. The quantitative estimate of drug-likeness (QED) is 0.159. The van der Waals surface area contributed by atoms with Gasteiger partial charge in [-0.15, -0.1) is 11.8 Å². The second kappa shape index (κ2) is 13.4. The number of carbonyl (C=O) groups excluding carboxylic acids is 2. The lowest BCUT2D eigenvalue weighted by atomic mass is 10.0. The van der Waals surface area contributed by atoms with Gasteiger partial charge < -0.3 is 30.3 Å². The number of rotatable bonds is 11. The minimum atomic E-state index is -1.43. The van der Waals surface area contributed by atoms with Crippen LogP contribution in [0.5, 0.6) is 11.5 Å². The molecule has 214 valence electrons. The van der Waals surface area contributed by atoms with Crippen LogP contribution in [0.3, 0.4) is 0 Å². The van der Waals surface area contributed by atoms with E-state index < -0.39 is 28.7 Å². The Hall–Kier alpha value is -5.29. The second-order valence-corrected chi connectivity index (χ2v) is 10.00. The van der Waals surface area contributed by atoms with Crippen LogP contribution in [0.4, 0.5) is 11.4 Å². The van der Waals surface area contributed by atoms with Crippen molar-refractivity contribution in [3.8, 4) is 11.5 Å². The van der Waals surface area contributed by atoms with E-state index in [2.05, 4.69) is 10.6 Å². The predicted molar refractivity (Wildman–Crippen MR) is 158 cm³/mol. The summed E-state index contributed by atoms with van der Waals surface area (Å²) in [5.41, 5.74) is 0.682. The highest BCUT2D eigenvalue weighted by Crippen LogP contribution is 2.38. The summed E-state index contributed by atoms with van der Waals surface area (Å²) in [7, 11) is 3.03. The zero-order valence-corrected chi connectivity index (χ0v) is 23.3. The van der Waals surface area contributed by atoms with Crippen LogP contribution in [-0.2, 0) is 4.79 Å². The normalized spacial score (nSPS) is 11.2. The van der Waals surface area contributed by atoms with Gasteiger partial charge in [0.05, 0.1) is 36.6 Å². The second-order valence-electron chi connectivity index (χ2n) is 8.82. The Morgan fingerprint density at radius 3 is 2.17 bits per heavy atom. The van der Waals surface area contributed by atoms with Crippen LogP contribution in [0, 0.1) is 0 Å². The maximum Gasteiger partial charge on any atom is 0.336 e. The maximum atomic E-state index is 13.6. The monoisotopic (exact) mass is 586 g/mol. The molecule has 0 radical (unpaired) electrons. The number of hydrogen-bond donors (Lipinski definition) is 4. The minimum absolute atomic E-state index is 0.194. The van der Waals surface area contributed by atoms with Gasteiger partial charge >= 0.3 is 11.9 Å². The lowest BCUT2D eigenvalue weighted by Crippen LogP contribution is -2.19. The van der Waals surface area contributed by atoms with E-state index >= 15 is 0 Å². The van der Waals surface area contributed by atoms with Gasteiger partial charge in [-0.25, -0.2) is 9.59 Å². The third-order valence-electron chi connectivity index (χ3n) is 6.09. The first-order valence-electron chi connectivity index (χ1n) is 12.5. The van der Waals surface area contributed by atoms with E-state index in [9.17, 15) is 29.4 Å². The fourth-order valence-electron chi connectivity index (χ4n) is 4.03. The van der Waals surface area contributed by atoms with Crippen LogP contribution < -0.4 is 20.1 Å². The molecule has 0 fully saturated rings. The van der Waals surface area contributed by atoms with E-state index in [0.717, 1.165) is 23.8 Å². The number of ether oxygens (including phenoxy) is 2. The van der Waals surface area contributed by atoms with Crippen molar-refractivity contribution in [3.05, 3.63) is 113 Å². The largest absolute Gasteiger partial charge is 0.497 e. The molecule has 0 aliphatic rings. The van der Waals surface area contributed by atoms with Crippen LogP contribution in [0.2, 0.25) is 0 Å². The first-order chi connectivity index (χ1) is 20.2. The number of aromatic carboxylic acids is 2. The molecule has 0 bridgehead atoms. The highest BCUT2D eigenvalue weighted by molar-refractivity contribution is 8.00. The molecule has 2 amide bonds. The van der Waals surface area contributed by atoms with Crippen LogP contribution in [0.1, 0.15) is 41.9 Å². The number of methoxy groups -OCH3 is 2. The molecule has 0 spiro atoms. The molecule has 4 rings (SSSR count). The summed E-state index contributed by atoms with van der Waals surface area (Å²) in [6.45, 7) is 0. The summed E-state index contributed by atoms with van der Waals surface area (Å²) < 4.78 is 10.6. The van der Waals surface area contributed by atoms with Crippen LogP contribution in [0.25, 0.3) is 0 Å². The molecule has 11 heteroatoms. The van der Waals surface area contributed by atoms with Crippen molar-refractivity contribution >= 4 is 46.9 Å². The molecule has 1 atom stereocenters. The van der Waals surface area contributed by atoms with Crippen molar-refractivity contribution in [3.63, 3.8) is 0 Å². The van der Waals surface area contributed by atoms with Crippen molar-refractivity contribution in [1.29, 1.82) is 0 Å². The maximum absolute atomic E-state index is 13.6. The van der Waals surface area contributed by atoms with Gasteiger partial charge in [-0.1, -0.05) is 36.4 Å². The number of benzene rings is 4. The summed E-state index contributed by atoms with van der Waals surface area (Å²) in [4.78, 5) is 50.2. The van der Waals surface area contributed by atoms with Crippen LogP contribution in [-0.4, -0.2) is 48.2 Å². The standard InChI is InChI=1S/C31H26N2O8S/c1-40-21-12-14-25(26(17-21)41-2)33-29(35)27(18-7-4-3-5-8-18)42-22-10-6-9-20(16-22)32-28(34)23-13-11-19(30(36)37)15-24(23)31(38)39/h3-17,27H,1-2H3,(H,32,34)(H,33,35)(H,36,37)(H,38,39). The number of carboxylic acid groups (broad SMARTS) is 2. The first kappa shape index (κ1) is 29.7. The fourth-order valence-corrected chi connectivity index (χ4v) is 5.12. The summed E-state index contributed by atoms with van der Waals surface area (Å²) in [6, 6.07) is 24.2. The number of carboxylic acids is 2. The van der Waals surface area contributed by atoms with E-state index in [4.69, 9.17) is 9.47 Å². The van der Waals surface area contributed by atoms with Crippen LogP contribution in [0.15, 0.2) is 95.9 Å². The highest BCUT2D eigenvalue weighted by Gasteiger charge is 2.24. The van der Waals surface area contributed by atoms with Gasteiger partial charge in [0.1, 0.15) is 16.7 Å². The average molecular weight is 587 g/mol. The number of anilines is 2. The van der Waals surface area contributed by atoms with Gasteiger partial charge in [0.2, 0.25) is 5.91 Å². The number of thioether (sulfide) groups is 1. The Labute approximate surface area is 245 Å². The lowest BCUT2D eigenvalue weighted by molar-refractivity contribution is -0.115. The summed E-state index contributed by atoms with van der Waals surface area (Å²) in [6.07, 6.45) is 0. The third kappa shape index (κ3) is 7.07. The molecule has 0 heterocycles. The van der Waals surface area contributed by atoms with E-state index in [1.165, 1.54) is 26.0 Å². The Morgan fingerprint density at radius 2 is 1.50 bits per heavy atom. The van der Waals surface area contributed by atoms with Crippen molar-refractivity contribution in [2.75, 3.05) is 24.9 Å². The molecule has 0 aliphatic carbocycles. The van der Waals surface area contributed by atoms with Gasteiger partial charge in [0.15, 0.2) is 0 Å². The first-order valence-corrected chi connectivity index (χ1v) is 13.3. The topological polar surface area (TPSA) is 151 Å². The van der Waals surface area contributed by atoms with E-state index in [1.54, 1.807) is 42.5 Å². The molecule has 0 saturated heterocycles. The number of nitrogens with one attached hydrogen (secondary N) is 2. The van der Waals surface area contributed by atoms with Crippen molar-refractivity contribution < 1.29 is 38.9 Å². The summed E-state index contributed by atoms with van der Waals surface area (Å²) in [5, 5.41) is 23.6. The van der Waals surface area contributed by atoms with Gasteiger partial charge in [0, 0.05) is 16.6 Å². The Kier molecular flexibility index (Phi) is 9.46. The molecule has 1 unspecified atom stereocenters. The molecule has 0 aliphatic heterocycles. The number of amides is 2. The number of carbonyl (C=O) groups is 4. The molecule has 4 N–H and O–H groups in total. The smallest absolute Gasteiger partial charge is 0.336 e. The molecular formula is C31H26N2O8S. The van der Waals surface area contributed by atoms with Crippen molar-refractivity contribution in [2.24, 2.45) is 0 Å². The van der Waals surface area contributed by atoms with E-state index in [-0.39, 0.29) is 17.0 Å². The molecule has 10 nitrogen and oxygen atoms in total. The number of hydrogen-bond acceptors (Lipinski definition) is 7. The highest BCUT2D eigenvalue weighted by atomic mass is 32.2. The molecule has 42 heavy (non-hydrogen) atoms. The van der Waals surface area contributed by atoms with E-state index in [1.807, 2.05) is 30.3 Å². The zero-order valence-electron chi connectivity index (χ0n) is 22.5. The molecule has 0 saturated carbocycles. The van der Waals surface area contributed by atoms with Crippen LogP contribution >= 0.6 is 11.8 Å². The van der Waals surface area contributed by atoms with E-state index in [0.29, 0.717) is 27.8 Å². The Balaban J connectivity index is 1.58. The molecule has 4 aromatic carbocycles. The zero-order chi connectivity index (χ0) is 30.2. The van der Waals surface area contributed by atoms with Gasteiger partial charge in [-0.3, -0.25) is 9.59 Å². The molecule has 4 aromatic rings. The van der Waals surface area contributed by atoms with Gasteiger partial charge in [-0.05, 0) is 54.1 Å².